The Hall–Kier alpha value is -2.61. The van der Waals surface area contributed by atoms with E-state index in [1.165, 1.54) is 0 Å². The zero-order chi connectivity index (χ0) is 19.8. The number of piperidine rings is 1. The monoisotopic (exact) mass is 389 g/mol. The van der Waals surface area contributed by atoms with Crippen LogP contribution in [0.15, 0.2) is 30.3 Å². The Morgan fingerprint density at radius 2 is 1.68 bits per heavy atom. The van der Waals surface area contributed by atoms with Gasteiger partial charge in [0, 0.05) is 32.8 Å². The molecule has 1 atom stereocenters. The van der Waals surface area contributed by atoms with Gasteiger partial charge >= 0.3 is 17.9 Å². The molecule has 0 bridgehead atoms. The van der Waals surface area contributed by atoms with E-state index in [4.69, 9.17) is 9.47 Å². The number of nitrogens with one attached hydrogen (secondary N) is 2. The molecule has 0 saturated carbocycles. The molecule has 8 heteroatoms. The number of likely N-dealkylation sites (tertiary alicyclic amines) is 1. The standard InChI is InChI=1S/C20H27N3O5/c24-18(19(25)22-14-17-7-4-12-27-17)21-13-15-8-10-23(11-9-15)20(26)28-16-5-2-1-3-6-16/h1-3,5-6,15,17H,4,7-14H2,(H,21,24)(H,22,25). The first kappa shape index (κ1) is 20.1. The van der Waals surface area contributed by atoms with E-state index in [9.17, 15) is 14.4 Å². The lowest BCUT2D eigenvalue weighted by Crippen LogP contribution is -2.46. The van der Waals surface area contributed by atoms with Crippen molar-refractivity contribution in [1.82, 2.24) is 15.5 Å². The maximum atomic E-state index is 12.2. The Morgan fingerprint density at radius 3 is 2.32 bits per heavy atom. The molecule has 1 aromatic carbocycles. The average molecular weight is 389 g/mol. The Labute approximate surface area is 164 Å². The average Bonchev–Trinajstić information content (AvgIpc) is 3.25. The Kier molecular flexibility index (Phi) is 7.25. The first-order valence-electron chi connectivity index (χ1n) is 9.81. The number of ether oxygens (including phenoxy) is 2. The van der Waals surface area contributed by atoms with Crippen molar-refractivity contribution in [3.8, 4) is 5.75 Å². The maximum Gasteiger partial charge on any atom is 0.415 e. The molecule has 3 rings (SSSR count). The van der Waals surface area contributed by atoms with Crippen LogP contribution in [0.2, 0.25) is 0 Å². The van der Waals surface area contributed by atoms with Crippen LogP contribution in [0.5, 0.6) is 5.75 Å². The second-order valence-corrected chi connectivity index (χ2v) is 7.17. The molecule has 0 aromatic heterocycles. The molecule has 1 unspecified atom stereocenters. The third kappa shape index (κ3) is 5.95. The number of carbonyl (C=O) groups excluding carboxylic acids is 3. The van der Waals surface area contributed by atoms with E-state index in [1.807, 2.05) is 18.2 Å². The summed E-state index contributed by atoms with van der Waals surface area (Å²) in [6.45, 7) is 2.64. The van der Waals surface area contributed by atoms with E-state index in [0.29, 0.717) is 38.5 Å². The normalized spacial score (nSPS) is 19.9. The van der Waals surface area contributed by atoms with Crippen molar-refractivity contribution >= 4 is 17.9 Å². The third-order valence-electron chi connectivity index (χ3n) is 5.09. The summed E-state index contributed by atoms with van der Waals surface area (Å²) < 4.78 is 10.8. The van der Waals surface area contributed by atoms with Gasteiger partial charge in [-0.25, -0.2) is 4.79 Å². The summed E-state index contributed by atoms with van der Waals surface area (Å²) in [5.41, 5.74) is 0. The van der Waals surface area contributed by atoms with Gasteiger partial charge in [-0.1, -0.05) is 18.2 Å². The first-order chi connectivity index (χ1) is 13.6. The van der Waals surface area contributed by atoms with Gasteiger partial charge in [0.1, 0.15) is 5.75 Å². The van der Waals surface area contributed by atoms with Gasteiger partial charge in [0.15, 0.2) is 0 Å². The lowest BCUT2D eigenvalue weighted by molar-refractivity contribution is -0.139. The molecule has 2 fully saturated rings. The minimum Gasteiger partial charge on any atom is -0.410 e. The summed E-state index contributed by atoms with van der Waals surface area (Å²) in [6, 6.07) is 8.97. The van der Waals surface area contributed by atoms with E-state index in [0.717, 1.165) is 25.7 Å². The largest absolute Gasteiger partial charge is 0.415 e. The van der Waals surface area contributed by atoms with Crippen molar-refractivity contribution in [3.63, 3.8) is 0 Å². The molecule has 2 N–H and O–H groups in total. The van der Waals surface area contributed by atoms with E-state index >= 15 is 0 Å². The highest BCUT2D eigenvalue weighted by Crippen LogP contribution is 2.18. The van der Waals surface area contributed by atoms with Gasteiger partial charge in [0.25, 0.3) is 0 Å². The van der Waals surface area contributed by atoms with Crippen LogP contribution in [-0.4, -0.2) is 61.7 Å². The van der Waals surface area contributed by atoms with Crippen molar-refractivity contribution in [3.05, 3.63) is 30.3 Å². The minimum absolute atomic E-state index is 0.0109. The Morgan fingerprint density at radius 1 is 1.00 bits per heavy atom. The molecule has 8 nitrogen and oxygen atoms in total. The molecule has 152 valence electrons. The molecule has 3 amide bonds. The summed E-state index contributed by atoms with van der Waals surface area (Å²) in [7, 11) is 0. The predicted octanol–water partition coefficient (Wildman–Crippen LogP) is 1.31. The van der Waals surface area contributed by atoms with Crippen molar-refractivity contribution in [2.24, 2.45) is 5.92 Å². The van der Waals surface area contributed by atoms with Gasteiger partial charge in [0.2, 0.25) is 0 Å². The molecule has 0 aliphatic carbocycles. The highest BCUT2D eigenvalue weighted by atomic mass is 16.6. The van der Waals surface area contributed by atoms with Crippen molar-refractivity contribution < 1.29 is 23.9 Å². The van der Waals surface area contributed by atoms with Crippen molar-refractivity contribution in [1.29, 1.82) is 0 Å². The van der Waals surface area contributed by atoms with Gasteiger partial charge in [-0.3, -0.25) is 9.59 Å². The second kappa shape index (κ2) is 10.1. The Balaban J connectivity index is 1.32. The lowest BCUT2D eigenvalue weighted by atomic mass is 9.97. The molecule has 2 saturated heterocycles. The van der Waals surface area contributed by atoms with E-state index < -0.39 is 11.8 Å². The number of rotatable bonds is 5. The number of hydrogen-bond donors (Lipinski definition) is 2. The number of amides is 3. The number of carbonyl (C=O) groups is 3. The highest BCUT2D eigenvalue weighted by molar-refractivity contribution is 6.35. The molecule has 2 aliphatic heterocycles. The SMILES string of the molecule is O=C(NCC1CCN(C(=O)Oc2ccccc2)CC1)C(=O)NCC1CCCO1. The van der Waals surface area contributed by atoms with Gasteiger partial charge in [-0.15, -0.1) is 0 Å². The summed E-state index contributed by atoms with van der Waals surface area (Å²) >= 11 is 0. The van der Waals surface area contributed by atoms with Gasteiger partial charge in [-0.05, 0) is 43.7 Å². The Bertz CT molecular complexity index is 668. The summed E-state index contributed by atoms with van der Waals surface area (Å²) in [6.07, 6.45) is 3.06. The molecule has 1 aromatic rings. The van der Waals surface area contributed by atoms with Crippen molar-refractivity contribution in [2.75, 3.05) is 32.8 Å². The van der Waals surface area contributed by atoms with E-state index in [1.54, 1.807) is 17.0 Å². The van der Waals surface area contributed by atoms with Crippen LogP contribution in [0, 0.1) is 5.92 Å². The maximum absolute atomic E-state index is 12.2. The first-order valence-corrected chi connectivity index (χ1v) is 9.81. The fraction of sp³-hybridized carbons (Fsp3) is 0.550. The van der Waals surface area contributed by atoms with Crippen LogP contribution in [0.1, 0.15) is 25.7 Å². The smallest absolute Gasteiger partial charge is 0.410 e. The zero-order valence-electron chi connectivity index (χ0n) is 15.9. The van der Waals surface area contributed by atoms with E-state index in [2.05, 4.69) is 10.6 Å². The second-order valence-electron chi connectivity index (χ2n) is 7.17. The molecular weight excluding hydrogens is 362 g/mol. The van der Waals surface area contributed by atoms with Gasteiger partial charge in [0.05, 0.1) is 6.10 Å². The molecule has 28 heavy (non-hydrogen) atoms. The summed E-state index contributed by atoms with van der Waals surface area (Å²) in [5, 5.41) is 5.30. The van der Waals surface area contributed by atoms with E-state index in [-0.39, 0.29) is 18.1 Å². The molecular formula is C20H27N3O5. The van der Waals surface area contributed by atoms with Crippen LogP contribution in [0.3, 0.4) is 0 Å². The molecule has 2 heterocycles. The highest BCUT2D eigenvalue weighted by Gasteiger charge is 2.25. The van der Waals surface area contributed by atoms with Crippen LogP contribution >= 0.6 is 0 Å². The molecule has 0 spiro atoms. The third-order valence-corrected chi connectivity index (χ3v) is 5.09. The number of benzene rings is 1. The van der Waals surface area contributed by atoms with Crippen molar-refractivity contribution in [2.45, 2.75) is 31.8 Å². The molecule has 0 radical (unpaired) electrons. The predicted molar refractivity (Wildman–Crippen MR) is 102 cm³/mol. The fourth-order valence-corrected chi connectivity index (χ4v) is 3.38. The fourth-order valence-electron chi connectivity index (χ4n) is 3.38. The minimum atomic E-state index is -0.626. The summed E-state index contributed by atoms with van der Waals surface area (Å²) in [4.78, 5) is 37.6. The van der Waals surface area contributed by atoms with Crippen LogP contribution in [-0.2, 0) is 14.3 Å². The van der Waals surface area contributed by atoms with Crippen LogP contribution in [0.4, 0.5) is 4.79 Å². The number of hydrogen-bond acceptors (Lipinski definition) is 5. The van der Waals surface area contributed by atoms with Crippen LogP contribution < -0.4 is 15.4 Å². The number of para-hydroxylation sites is 1. The quantitative estimate of drug-likeness (QED) is 0.740. The summed E-state index contributed by atoms with van der Waals surface area (Å²) in [5.74, 6) is -0.491. The molecule has 2 aliphatic rings. The van der Waals surface area contributed by atoms with Gasteiger partial charge < -0.3 is 25.0 Å². The topological polar surface area (TPSA) is 97.0 Å². The lowest BCUT2D eigenvalue weighted by Gasteiger charge is -2.31. The number of nitrogens with zero attached hydrogens (tertiary/aromatic N) is 1. The van der Waals surface area contributed by atoms with Gasteiger partial charge in [-0.2, -0.15) is 0 Å². The van der Waals surface area contributed by atoms with Crippen LogP contribution in [0.25, 0.3) is 0 Å². The zero-order valence-corrected chi connectivity index (χ0v) is 15.9.